The Morgan fingerprint density at radius 1 is 1.20 bits per heavy atom. The van der Waals surface area contributed by atoms with Gasteiger partial charge in [-0.25, -0.2) is 13.2 Å². The number of hydrogen-bond acceptors (Lipinski definition) is 6. The summed E-state index contributed by atoms with van der Waals surface area (Å²) in [6, 6.07) is 11.1. The first-order valence-electron chi connectivity index (χ1n) is 9.55. The fraction of sp³-hybridized carbons (Fsp3) is 0.333. The molecule has 0 aliphatic rings. The van der Waals surface area contributed by atoms with E-state index in [-0.39, 0.29) is 22.9 Å². The number of fused-ring (bicyclic) bond motifs is 1. The molecule has 160 valence electrons. The van der Waals surface area contributed by atoms with Gasteiger partial charge in [-0.2, -0.15) is 0 Å². The number of rotatable bonds is 8. The van der Waals surface area contributed by atoms with Crippen molar-refractivity contribution in [1.82, 2.24) is 9.88 Å². The zero-order valence-electron chi connectivity index (χ0n) is 16.8. The lowest BCUT2D eigenvalue weighted by molar-refractivity contribution is 0.0949. The summed E-state index contributed by atoms with van der Waals surface area (Å²) in [4.78, 5) is 24.6. The second-order valence-electron chi connectivity index (χ2n) is 7.43. The highest BCUT2D eigenvalue weighted by atomic mass is 32.2. The molecular weight excluding hydrogens is 408 g/mol. The molecule has 0 unspecified atom stereocenters. The third-order valence-corrected chi connectivity index (χ3v) is 6.25. The van der Waals surface area contributed by atoms with Crippen molar-refractivity contribution in [2.75, 3.05) is 18.9 Å². The summed E-state index contributed by atoms with van der Waals surface area (Å²) in [5.41, 5.74) is 1.81. The SMILES string of the molecule is CC(C)CNC(=O)c1cccc(Cn2c(=O)oc3cc(S(=O)(=O)CCO)ccc32)c1. The number of oxazole rings is 1. The zero-order valence-corrected chi connectivity index (χ0v) is 17.6. The van der Waals surface area contributed by atoms with E-state index >= 15 is 0 Å². The van der Waals surface area contributed by atoms with Crippen molar-refractivity contribution in [2.45, 2.75) is 25.3 Å². The Morgan fingerprint density at radius 3 is 2.67 bits per heavy atom. The maximum atomic E-state index is 12.4. The van der Waals surface area contributed by atoms with Crippen molar-refractivity contribution in [2.24, 2.45) is 5.92 Å². The molecule has 0 atom stereocenters. The Morgan fingerprint density at radius 2 is 1.97 bits per heavy atom. The number of nitrogens with one attached hydrogen (secondary N) is 1. The molecule has 1 aromatic heterocycles. The van der Waals surface area contributed by atoms with Gasteiger partial charge in [0.1, 0.15) is 0 Å². The molecule has 1 amide bonds. The standard InChI is InChI=1S/C21H24N2O6S/c1-14(2)12-22-20(25)16-5-3-4-15(10-16)13-23-18-7-6-17(30(27,28)9-8-24)11-19(18)29-21(23)26/h3-7,10-11,14,24H,8-9,12-13H2,1-2H3,(H,22,25). The number of carbonyl (C=O) groups excluding carboxylic acids is 1. The van der Waals surface area contributed by atoms with Crippen LogP contribution in [0, 0.1) is 5.92 Å². The predicted molar refractivity (Wildman–Crippen MR) is 112 cm³/mol. The van der Waals surface area contributed by atoms with Gasteiger partial charge in [0, 0.05) is 18.2 Å². The largest absolute Gasteiger partial charge is 0.420 e. The number of hydrogen-bond donors (Lipinski definition) is 2. The number of sulfone groups is 1. The maximum absolute atomic E-state index is 12.4. The smallest absolute Gasteiger partial charge is 0.408 e. The van der Waals surface area contributed by atoms with Crippen molar-refractivity contribution < 1.29 is 22.7 Å². The first-order chi connectivity index (χ1) is 14.2. The summed E-state index contributed by atoms with van der Waals surface area (Å²) in [6.45, 7) is 4.25. The topological polar surface area (TPSA) is 119 Å². The van der Waals surface area contributed by atoms with E-state index in [0.29, 0.717) is 23.5 Å². The van der Waals surface area contributed by atoms with Gasteiger partial charge in [-0.15, -0.1) is 0 Å². The fourth-order valence-electron chi connectivity index (χ4n) is 3.02. The minimum atomic E-state index is -3.66. The van der Waals surface area contributed by atoms with Crippen LogP contribution in [0.5, 0.6) is 0 Å². The van der Waals surface area contributed by atoms with Crippen LogP contribution in [0.2, 0.25) is 0 Å². The lowest BCUT2D eigenvalue weighted by atomic mass is 10.1. The van der Waals surface area contributed by atoms with Gasteiger partial charge in [-0.3, -0.25) is 9.36 Å². The minimum Gasteiger partial charge on any atom is -0.408 e. The van der Waals surface area contributed by atoms with Gasteiger partial charge in [-0.1, -0.05) is 26.0 Å². The summed E-state index contributed by atoms with van der Waals surface area (Å²) in [5.74, 6) is -0.890. The van der Waals surface area contributed by atoms with E-state index in [9.17, 15) is 18.0 Å². The Labute approximate surface area is 174 Å². The summed E-state index contributed by atoms with van der Waals surface area (Å²) < 4.78 is 30.9. The van der Waals surface area contributed by atoms with Crippen molar-refractivity contribution >= 4 is 26.8 Å². The molecule has 0 fully saturated rings. The molecule has 3 rings (SSSR count). The van der Waals surface area contributed by atoms with Crippen LogP contribution < -0.4 is 11.1 Å². The molecule has 9 heteroatoms. The second-order valence-corrected chi connectivity index (χ2v) is 9.54. The van der Waals surface area contributed by atoms with Crippen molar-refractivity contribution in [3.63, 3.8) is 0 Å². The molecule has 0 saturated carbocycles. The van der Waals surface area contributed by atoms with E-state index in [0.717, 1.165) is 5.56 Å². The number of aliphatic hydroxyl groups is 1. The Bertz CT molecular complexity index is 1220. The molecule has 3 aromatic rings. The average molecular weight is 432 g/mol. The number of nitrogens with zero attached hydrogens (tertiary/aromatic N) is 1. The van der Waals surface area contributed by atoms with E-state index in [2.05, 4.69) is 5.32 Å². The molecule has 0 radical (unpaired) electrons. The summed E-state index contributed by atoms with van der Waals surface area (Å²) in [6.07, 6.45) is 0. The van der Waals surface area contributed by atoms with Crippen molar-refractivity contribution in [1.29, 1.82) is 0 Å². The lowest BCUT2D eigenvalue weighted by Gasteiger charge is -2.09. The quantitative estimate of drug-likeness (QED) is 0.560. The molecule has 0 saturated heterocycles. The number of carbonyl (C=O) groups is 1. The number of benzene rings is 2. The van der Waals surface area contributed by atoms with E-state index in [1.165, 1.54) is 22.8 Å². The van der Waals surface area contributed by atoms with Gasteiger partial charge in [0.25, 0.3) is 5.91 Å². The molecule has 2 aromatic carbocycles. The number of aromatic nitrogens is 1. The van der Waals surface area contributed by atoms with Crippen LogP contribution in [0.3, 0.4) is 0 Å². The van der Waals surface area contributed by atoms with Crippen LogP contribution >= 0.6 is 0 Å². The van der Waals surface area contributed by atoms with Gasteiger partial charge in [-0.05, 0) is 35.7 Å². The third kappa shape index (κ3) is 4.80. The third-order valence-electron chi connectivity index (χ3n) is 4.56. The van der Waals surface area contributed by atoms with E-state index in [1.54, 1.807) is 24.3 Å². The Hall–Kier alpha value is -2.91. The molecule has 30 heavy (non-hydrogen) atoms. The molecule has 0 aliphatic heterocycles. The van der Waals surface area contributed by atoms with Crippen LogP contribution in [-0.2, 0) is 16.4 Å². The molecule has 8 nitrogen and oxygen atoms in total. The second kappa shape index (κ2) is 8.85. The van der Waals surface area contributed by atoms with Gasteiger partial charge >= 0.3 is 5.76 Å². The number of amides is 1. The zero-order chi connectivity index (χ0) is 21.9. The highest BCUT2D eigenvalue weighted by Crippen LogP contribution is 2.20. The van der Waals surface area contributed by atoms with Crippen molar-refractivity contribution in [3.05, 3.63) is 64.1 Å². The van der Waals surface area contributed by atoms with Gasteiger partial charge in [0.15, 0.2) is 15.4 Å². The first-order valence-corrected chi connectivity index (χ1v) is 11.2. The Balaban J connectivity index is 1.89. The average Bonchev–Trinajstić information content (AvgIpc) is 3.00. The van der Waals surface area contributed by atoms with E-state index in [4.69, 9.17) is 9.52 Å². The van der Waals surface area contributed by atoms with Crippen LogP contribution in [-0.4, -0.2) is 42.9 Å². The van der Waals surface area contributed by atoms with Gasteiger partial charge < -0.3 is 14.8 Å². The number of aliphatic hydroxyl groups excluding tert-OH is 1. The lowest BCUT2D eigenvalue weighted by Crippen LogP contribution is -2.27. The normalized spacial score (nSPS) is 11.9. The van der Waals surface area contributed by atoms with E-state index < -0.39 is 28.0 Å². The minimum absolute atomic E-state index is 0.0197. The van der Waals surface area contributed by atoms with Crippen LogP contribution in [0.1, 0.15) is 29.8 Å². The fourth-order valence-corrected chi connectivity index (χ4v) is 4.06. The highest BCUT2D eigenvalue weighted by molar-refractivity contribution is 7.91. The molecular formula is C21H24N2O6S. The molecule has 0 spiro atoms. The van der Waals surface area contributed by atoms with E-state index in [1.807, 2.05) is 13.8 Å². The first kappa shape index (κ1) is 21.8. The molecule has 2 N–H and O–H groups in total. The van der Waals surface area contributed by atoms with Gasteiger partial charge in [0.2, 0.25) is 0 Å². The van der Waals surface area contributed by atoms with Crippen molar-refractivity contribution in [3.8, 4) is 0 Å². The summed E-state index contributed by atoms with van der Waals surface area (Å²) >= 11 is 0. The summed E-state index contributed by atoms with van der Waals surface area (Å²) in [5, 5.41) is 11.8. The van der Waals surface area contributed by atoms with Crippen LogP contribution in [0.4, 0.5) is 0 Å². The monoisotopic (exact) mass is 432 g/mol. The molecule has 0 aliphatic carbocycles. The van der Waals surface area contributed by atoms with Crippen LogP contribution in [0.15, 0.2) is 56.6 Å². The highest BCUT2D eigenvalue weighted by Gasteiger charge is 2.18. The predicted octanol–water partition coefficient (Wildman–Crippen LogP) is 1.79. The maximum Gasteiger partial charge on any atom is 0.420 e. The summed E-state index contributed by atoms with van der Waals surface area (Å²) in [7, 11) is -3.66. The Kier molecular flexibility index (Phi) is 6.42. The molecule has 0 bridgehead atoms. The molecule has 1 heterocycles. The van der Waals surface area contributed by atoms with Crippen LogP contribution in [0.25, 0.3) is 11.1 Å². The van der Waals surface area contributed by atoms with Gasteiger partial charge in [0.05, 0.1) is 29.3 Å².